The summed E-state index contributed by atoms with van der Waals surface area (Å²) in [7, 11) is 0. The SMILES string of the molecule is CC(C)Oc1ccc(C(=O)Oc2ccc([N+](=O)[O-])cc2)cc1. The Balaban J connectivity index is 2.03. The van der Waals surface area contributed by atoms with Crippen molar-refractivity contribution < 1.29 is 19.2 Å². The number of carbonyl (C=O) groups excluding carboxylic acids is 1. The molecule has 0 aliphatic carbocycles. The van der Waals surface area contributed by atoms with Crippen LogP contribution in [0, 0.1) is 10.1 Å². The van der Waals surface area contributed by atoms with Gasteiger partial charge in [0.2, 0.25) is 0 Å². The van der Waals surface area contributed by atoms with E-state index in [1.807, 2.05) is 13.8 Å². The number of rotatable bonds is 5. The van der Waals surface area contributed by atoms with E-state index in [1.54, 1.807) is 24.3 Å². The van der Waals surface area contributed by atoms with E-state index in [-0.39, 0.29) is 17.5 Å². The lowest BCUT2D eigenvalue weighted by Gasteiger charge is -2.10. The van der Waals surface area contributed by atoms with Crippen LogP contribution < -0.4 is 9.47 Å². The fourth-order valence-corrected chi connectivity index (χ4v) is 1.74. The Kier molecular flexibility index (Phi) is 4.73. The summed E-state index contributed by atoms with van der Waals surface area (Å²) in [6, 6.07) is 11.9. The fourth-order valence-electron chi connectivity index (χ4n) is 1.74. The van der Waals surface area contributed by atoms with Gasteiger partial charge >= 0.3 is 5.97 Å². The van der Waals surface area contributed by atoms with Crippen molar-refractivity contribution in [2.75, 3.05) is 0 Å². The van der Waals surface area contributed by atoms with Crippen molar-refractivity contribution in [2.24, 2.45) is 0 Å². The minimum atomic E-state index is -0.537. The number of non-ortho nitro benzene ring substituents is 1. The molecule has 0 aliphatic rings. The van der Waals surface area contributed by atoms with Gasteiger partial charge in [-0.15, -0.1) is 0 Å². The van der Waals surface area contributed by atoms with Gasteiger partial charge in [-0.1, -0.05) is 0 Å². The second kappa shape index (κ2) is 6.71. The Hall–Kier alpha value is -2.89. The number of hydrogen-bond acceptors (Lipinski definition) is 5. The van der Waals surface area contributed by atoms with Crippen LogP contribution in [0.4, 0.5) is 5.69 Å². The van der Waals surface area contributed by atoms with E-state index < -0.39 is 10.9 Å². The highest BCUT2D eigenvalue weighted by Crippen LogP contribution is 2.19. The Morgan fingerprint density at radius 1 is 1.00 bits per heavy atom. The van der Waals surface area contributed by atoms with Gasteiger partial charge in [0.05, 0.1) is 16.6 Å². The Morgan fingerprint density at radius 2 is 1.55 bits per heavy atom. The zero-order valence-corrected chi connectivity index (χ0v) is 12.2. The maximum Gasteiger partial charge on any atom is 0.343 e. The molecule has 0 heterocycles. The number of ether oxygens (including phenoxy) is 2. The predicted octanol–water partition coefficient (Wildman–Crippen LogP) is 3.60. The van der Waals surface area contributed by atoms with Crippen LogP contribution in [0.3, 0.4) is 0 Å². The number of hydrogen-bond donors (Lipinski definition) is 0. The van der Waals surface area contributed by atoms with E-state index in [9.17, 15) is 14.9 Å². The maximum absolute atomic E-state index is 12.0. The van der Waals surface area contributed by atoms with Crippen LogP contribution in [0.15, 0.2) is 48.5 Å². The summed E-state index contributed by atoms with van der Waals surface area (Å²) in [6.07, 6.45) is 0.0536. The fraction of sp³-hybridized carbons (Fsp3) is 0.188. The van der Waals surface area contributed by atoms with Gasteiger partial charge in [-0.3, -0.25) is 10.1 Å². The molecule has 22 heavy (non-hydrogen) atoms. The molecule has 0 radical (unpaired) electrons. The largest absolute Gasteiger partial charge is 0.491 e. The van der Waals surface area contributed by atoms with Crippen molar-refractivity contribution in [1.82, 2.24) is 0 Å². The van der Waals surface area contributed by atoms with Crippen molar-refractivity contribution in [1.29, 1.82) is 0 Å². The van der Waals surface area contributed by atoms with Crippen LogP contribution >= 0.6 is 0 Å². The average molecular weight is 301 g/mol. The first-order valence-corrected chi connectivity index (χ1v) is 6.69. The second-order valence-electron chi connectivity index (χ2n) is 4.83. The molecule has 2 rings (SSSR count). The van der Waals surface area contributed by atoms with Crippen molar-refractivity contribution in [3.8, 4) is 11.5 Å². The van der Waals surface area contributed by atoms with Gasteiger partial charge in [-0.05, 0) is 50.2 Å². The van der Waals surface area contributed by atoms with E-state index in [0.29, 0.717) is 11.3 Å². The van der Waals surface area contributed by atoms with Crippen LogP contribution in [0.5, 0.6) is 11.5 Å². The number of benzene rings is 2. The molecule has 0 fully saturated rings. The molecule has 0 saturated heterocycles. The standard InChI is InChI=1S/C16H15NO5/c1-11(2)21-14-7-3-12(4-8-14)16(18)22-15-9-5-13(6-10-15)17(19)20/h3-11H,1-2H3. The molecule has 0 N–H and O–H groups in total. The zero-order valence-electron chi connectivity index (χ0n) is 12.2. The maximum atomic E-state index is 12.0. The molecule has 0 spiro atoms. The van der Waals surface area contributed by atoms with Gasteiger partial charge in [0.15, 0.2) is 0 Å². The monoisotopic (exact) mass is 301 g/mol. The highest BCUT2D eigenvalue weighted by atomic mass is 16.6. The molecule has 0 aromatic heterocycles. The molecule has 6 heteroatoms. The van der Waals surface area contributed by atoms with Gasteiger partial charge in [0.25, 0.3) is 5.69 Å². The lowest BCUT2D eigenvalue weighted by Crippen LogP contribution is -2.09. The summed E-state index contributed by atoms with van der Waals surface area (Å²) < 4.78 is 10.6. The molecule has 0 unspecified atom stereocenters. The lowest BCUT2D eigenvalue weighted by molar-refractivity contribution is -0.384. The lowest BCUT2D eigenvalue weighted by atomic mass is 10.2. The van der Waals surface area contributed by atoms with Crippen molar-refractivity contribution in [2.45, 2.75) is 20.0 Å². The number of nitro benzene ring substituents is 1. The summed E-state index contributed by atoms with van der Waals surface area (Å²) in [5.74, 6) is 0.380. The van der Waals surface area contributed by atoms with Crippen LogP contribution in [0.1, 0.15) is 24.2 Å². The summed E-state index contributed by atoms with van der Waals surface area (Å²) in [5, 5.41) is 10.6. The number of carbonyl (C=O) groups is 1. The van der Waals surface area contributed by atoms with Gasteiger partial charge in [0.1, 0.15) is 11.5 Å². The molecule has 0 amide bonds. The molecule has 6 nitrogen and oxygen atoms in total. The molecule has 114 valence electrons. The first-order chi connectivity index (χ1) is 10.5. The smallest absolute Gasteiger partial charge is 0.343 e. The second-order valence-corrected chi connectivity index (χ2v) is 4.83. The van der Waals surface area contributed by atoms with Gasteiger partial charge in [-0.25, -0.2) is 4.79 Å². The molecule has 0 atom stereocenters. The number of nitrogens with zero attached hydrogens (tertiary/aromatic N) is 1. The van der Waals surface area contributed by atoms with E-state index in [4.69, 9.17) is 9.47 Å². The third kappa shape index (κ3) is 4.05. The summed E-state index contributed by atoms with van der Waals surface area (Å²) in [6.45, 7) is 3.83. The molecule has 0 aliphatic heterocycles. The average Bonchev–Trinajstić information content (AvgIpc) is 2.48. The minimum Gasteiger partial charge on any atom is -0.491 e. The molecular formula is C16H15NO5. The topological polar surface area (TPSA) is 78.7 Å². The van der Waals surface area contributed by atoms with E-state index in [2.05, 4.69) is 0 Å². The normalized spacial score (nSPS) is 10.3. The van der Waals surface area contributed by atoms with Crippen LogP contribution in [-0.2, 0) is 0 Å². The Labute approximate surface area is 127 Å². The van der Waals surface area contributed by atoms with Crippen LogP contribution in [0.2, 0.25) is 0 Å². The third-order valence-electron chi connectivity index (χ3n) is 2.72. The first-order valence-electron chi connectivity index (χ1n) is 6.69. The van der Waals surface area contributed by atoms with Gasteiger partial charge in [0, 0.05) is 12.1 Å². The quantitative estimate of drug-likeness (QED) is 0.365. The van der Waals surface area contributed by atoms with E-state index >= 15 is 0 Å². The van der Waals surface area contributed by atoms with E-state index in [1.165, 1.54) is 24.3 Å². The van der Waals surface area contributed by atoms with Crippen molar-refractivity contribution in [3.63, 3.8) is 0 Å². The van der Waals surface area contributed by atoms with Gasteiger partial charge < -0.3 is 9.47 Å². The number of nitro groups is 1. The molecular weight excluding hydrogens is 286 g/mol. The van der Waals surface area contributed by atoms with Gasteiger partial charge in [-0.2, -0.15) is 0 Å². The van der Waals surface area contributed by atoms with Crippen molar-refractivity contribution in [3.05, 3.63) is 64.2 Å². The first kappa shape index (κ1) is 15.5. The third-order valence-corrected chi connectivity index (χ3v) is 2.72. The molecule has 2 aromatic rings. The van der Waals surface area contributed by atoms with E-state index in [0.717, 1.165) is 0 Å². The minimum absolute atomic E-state index is 0.0536. The summed E-state index contributed by atoms with van der Waals surface area (Å²) in [4.78, 5) is 22.0. The number of esters is 1. The van der Waals surface area contributed by atoms with Crippen LogP contribution in [-0.4, -0.2) is 17.0 Å². The zero-order chi connectivity index (χ0) is 16.1. The Morgan fingerprint density at radius 3 is 2.05 bits per heavy atom. The highest BCUT2D eigenvalue weighted by molar-refractivity contribution is 5.91. The summed E-state index contributed by atoms with van der Waals surface area (Å²) >= 11 is 0. The highest BCUT2D eigenvalue weighted by Gasteiger charge is 2.11. The molecule has 0 saturated carbocycles. The predicted molar refractivity (Wildman–Crippen MR) is 80.3 cm³/mol. The molecule has 0 bridgehead atoms. The molecule has 2 aromatic carbocycles. The van der Waals surface area contributed by atoms with Crippen molar-refractivity contribution >= 4 is 11.7 Å². The Bertz CT molecular complexity index is 662. The summed E-state index contributed by atoms with van der Waals surface area (Å²) in [5.41, 5.74) is 0.310. The van der Waals surface area contributed by atoms with Crippen LogP contribution in [0.25, 0.3) is 0 Å².